The Hall–Kier alpha value is -0.250. The molecule has 2 N–H and O–H groups in total. The molecule has 4 heteroatoms. The fourth-order valence-corrected chi connectivity index (χ4v) is 4.47. The average Bonchev–Trinajstić information content (AvgIpc) is 2.69. The highest BCUT2D eigenvalue weighted by molar-refractivity contribution is 9.10. The molecule has 1 aromatic carbocycles. The molecule has 1 aromatic rings. The van der Waals surface area contributed by atoms with Crippen molar-refractivity contribution in [3.8, 4) is 5.75 Å². The number of benzene rings is 1. The van der Waals surface area contributed by atoms with Gasteiger partial charge in [-0.25, -0.2) is 0 Å². The zero-order valence-corrected chi connectivity index (χ0v) is 13.9. The maximum atomic E-state index is 6.34. The van der Waals surface area contributed by atoms with Crippen LogP contribution in [0, 0.1) is 5.41 Å². The van der Waals surface area contributed by atoms with E-state index in [1.54, 1.807) is 0 Å². The largest absolute Gasteiger partial charge is 0.488 e. The van der Waals surface area contributed by atoms with Crippen molar-refractivity contribution < 1.29 is 4.74 Å². The Morgan fingerprint density at radius 3 is 2.50 bits per heavy atom. The summed E-state index contributed by atoms with van der Waals surface area (Å²) in [6, 6.07) is 6.09. The van der Waals surface area contributed by atoms with Crippen LogP contribution in [0.15, 0.2) is 22.7 Å². The maximum absolute atomic E-state index is 6.34. The van der Waals surface area contributed by atoms with Gasteiger partial charge in [-0.05, 0) is 31.0 Å². The molecule has 110 valence electrons. The van der Waals surface area contributed by atoms with Crippen LogP contribution >= 0.6 is 27.5 Å². The normalized spacial score (nSPS) is 28.8. The van der Waals surface area contributed by atoms with Crippen molar-refractivity contribution in [3.63, 3.8) is 0 Å². The Morgan fingerprint density at radius 2 is 1.90 bits per heavy atom. The van der Waals surface area contributed by atoms with Crippen molar-refractivity contribution in [2.24, 2.45) is 11.1 Å². The minimum atomic E-state index is 0.187. The lowest BCUT2D eigenvalue weighted by Crippen LogP contribution is -2.63. The van der Waals surface area contributed by atoms with E-state index in [1.807, 2.05) is 18.2 Å². The van der Waals surface area contributed by atoms with E-state index in [0.29, 0.717) is 11.1 Å². The van der Waals surface area contributed by atoms with Crippen molar-refractivity contribution in [1.29, 1.82) is 0 Å². The maximum Gasteiger partial charge on any atom is 0.138 e. The number of halogens is 2. The average molecular weight is 359 g/mol. The van der Waals surface area contributed by atoms with Gasteiger partial charge in [0.15, 0.2) is 0 Å². The van der Waals surface area contributed by atoms with E-state index >= 15 is 0 Å². The van der Waals surface area contributed by atoms with Crippen LogP contribution in [-0.4, -0.2) is 12.1 Å². The molecule has 0 aromatic heterocycles. The molecule has 2 fully saturated rings. The number of ether oxygens (including phenoxy) is 1. The summed E-state index contributed by atoms with van der Waals surface area (Å²) in [4.78, 5) is 0. The molecule has 3 rings (SSSR count). The van der Waals surface area contributed by atoms with Gasteiger partial charge in [0.2, 0.25) is 0 Å². The molecule has 0 heterocycles. The third-order valence-electron chi connectivity index (χ3n) is 5.05. The molecule has 0 saturated heterocycles. The van der Waals surface area contributed by atoms with E-state index < -0.39 is 0 Å². The van der Waals surface area contributed by atoms with Gasteiger partial charge < -0.3 is 10.5 Å². The smallest absolute Gasteiger partial charge is 0.138 e. The monoisotopic (exact) mass is 357 g/mol. The highest BCUT2D eigenvalue weighted by atomic mass is 79.9. The van der Waals surface area contributed by atoms with Gasteiger partial charge in [0.05, 0.1) is 5.02 Å². The predicted octanol–water partition coefficient (Wildman–Crippen LogP) is 4.92. The Bertz CT molecular complexity index is 485. The third kappa shape index (κ3) is 2.60. The summed E-state index contributed by atoms with van der Waals surface area (Å²) < 4.78 is 7.20. The molecule has 0 aliphatic heterocycles. The van der Waals surface area contributed by atoms with Gasteiger partial charge in [-0.2, -0.15) is 0 Å². The van der Waals surface area contributed by atoms with E-state index in [2.05, 4.69) is 15.9 Å². The summed E-state index contributed by atoms with van der Waals surface area (Å²) >= 11 is 9.69. The lowest BCUT2D eigenvalue weighted by molar-refractivity contribution is -0.0769. The van der Waals surface area contributed by atoms with Crippen LogP contribution in [0.2, 0.25) is 5.02 Å². The first-order chi connectivity index (χ1) is 9.62. The van der Waals surface area contributed by atoms with E-state index in [4.69, 9.17) is 22.1 Å². The SMILES string of the molecule is NC1CC(Oc2ccc(Br)cc2Cl)C12CCCCCC2. The van der Waals surface area contributed by atoms with Crippen molar-refractivity contribution in [3.05, 3.63) is 27.7 Å². The quantitative estimate of drug-likeness (QED) is 0.814. The second-order valence-electron chi connectivity index (χ2n) is 6.17. The summed E-state index contributed by atoms with van der Waals surface area (Å²) in [5.41, 5.74) is 6.53. The molecule has 1 spiro atoms. The Kier molecular flexibility index (Phi) is 4.30. The Labute approximate surface area is 134 Å². The van der Waals surface area contributed by atoms with Gasteiger partial charge in [-0.3, -0.25) is 0 Å². The summed E-state index contributed by atoms with van der Waals surface area (Å²) in [7, 11) is 0. The van der Waals surface area contributed by atoms with Crippen LogP contribution in [0.25, 0.3) is 0 Å². The fraction of sp³-hybridized carbons (Fsp3) is 0.625. The minimum Gasteiger partial charge on any atom is -0.488 e. The van der Waals surface area contributed by atoms with Crippen LogP contribution in [0.3, 0.4) is 0 Å². The Balaban J connectivity index is 1.76. The van der Waals surface area contributed by atoms with Gasteiger partial charge in [0.25, 0.3) is 0 Å². The van der Waals surface area contributed by atoms with Gasteiger partial charge in [-0.1, -0.05) is 53.2 Å². The number of hydrogen-bond donors (Lipinski definition) is 1. The van der Waals surface area contributed by atoms with Gasteiger partial charge >= 0.3 is 0 Å². The number of hydrogen-bond acceptors (Lipinski definition) is 2. The molecule has 2 saturated carbocycles. The first kappa shape index (κ1) is 14.7. The van der Waals surface area contributed by atoms with Crippen molar-refractivity contribution in [1.82, 2.24) is 0 Å². The second-order valence-corrected chi connectivity index (χ2v) is 7.49. The van der Waals surface area contributed by atoms with E-state index in [1.165, 1.54) is 38.5 Å². The summed E-state index contributed by atoms with van der Waals surface area (Å²) in [6.45, 7) is 0. The van der Waals surface area contributed by atoms with Crippen LogP contribution in [0.5, 0.6) is 5.75 Å². The fourth-order valence-electron chi connectivity index (χ4n) is 3.75. The number of rotatable bonds is 2. The zero-order chi connectivity index (χ0) is 14.2. The first-order valence-corrected chi connectivity index (χ1v) is 8.66. The second kappa shape index (κ2) is 5.86. The molecule has 2 atom stereocenters. The van der Waals surface area contributed by atoms with Crippen LogP contribution in [-0.2, 0) is 0 Å². The lowest BCUT2D eigenvalue weighted by atomic mass is 9.58. The molecule has 2 aliphatic carbocycles. The molecule has 2 unspecified atom stereocenters. The van der Waals surface area contributed by atoms with Gasteiger partial charge in [0, 0.05) is 22.4 Å². The molecular formula is C16H21BrClNO. The van der Waals surface area contributed by atoms with E-state index in [9.17, 15) is 0 Å². The topological polar surface area (TPSA) is 35.2 Å². The molecule has 2 aliphatic rings. The zero-order valence-electron chi connectivity index (χ0n) is 11.6. The molecule has 0 radical (unpaired) electrons. The molecule has 2 nitrogen and oxygen atoms in total. The van der Waals surface area contributed by atoms with Gasteiger partial charge in [-0.15, -0.1) is 0 Å². The van der Waals surface area contributed by atoms with Gasteiger partial charge in [0.1, 0.15) is 11.9 Å². The summed E-state index contributed by atoms with van der Waals surface area (Å²) in [5, 5.41) is 0.670. The highest BCUT2D eigenvalue weighted by Crippen LogP contribution is 2.52. The minimum absolute atomic E-state index is 0.187. The summed E-state index contributed by atoms with van der Waals surface area (Å²) in [6.07, 6.45) is 8.81. The molecule has 0 amide bonds. The molecule has 20 heavy (non-hydrogen) atoms. The summed E-state index contributed by atoms with van der Waals surface area (Å²) in [5.74, 6) is 0.787. The van der Waals surface area contributed by atoms with Crippen molar-refractivity contribution >= 4 is 27.5 Å². The first-order valence-electron chi connectivity index (χ1n) is 7.49. The van der Waals surface area contributed by atoms with Crippen LogP contribution < -0.4 is 10.5 Å². The van der Waals surface area contributed by atoms with Crippen molar-refractivity contribution in [2.75, 3.05) is 0 Å². The van der Waals surface area contributed by atoms with Crippen LogP contribution in [0.1, 0.15) is 44.9 Å². The Morgan fingerprint density at radius 1 is 1.20 bits per heavy atom. The van der Waals surface area contributed by atoms with Crippen molar-refractivity contribution in [2.45, 2.75) is 57.1 Å². The van der Waals surface area contributed by atoms with Crippen LogP contribution in [0.4, 0.5) is 0 Å². The lowest BCUT2D eigenvalue weighted by Gasteiger charge is -2.54. The van der Waals surface area contributed by atoms with E-state index in [-0.39, 0.29) is 11.5 Å². The predicted molar refractivity (Wildman–Crippen MR) is 86.3 cm³/mol. The molecule has 0 bridgehead atoms. The number of nitrogens with two attached hydrogens (primary N) is 1. The highest BCUT2D eigenvalue weighted by Gasteiger charge is 2.54. The third-order valence-corrected chi connectivity index (χ3v) is 5.83. The van der Waals surface area contributed by atoms with E-state index in [0.717, 1.165) is 16.6 Å². The standard InChI is InChI=1S/C16H21BrClNO/c17-11-5-6-13(12(18)9-11)20-15-10-14(19)16(15)7-3-1-2-4-8-16/h5-6,9,14-15H,1-4,7-8,10,19H2. The molecular weight excluding hydrogens is 338 g/mol.